The number of nitrogens with one attached hydrogen (secondary N) is 1. The van der Waals surface area contributed by atoms with Gasteiger partial charge in [-0.05, 0) is 31.5 Å². The van der Waals surface area contributed by atoms with Gasteiger partial charge in [-0.15, -0.1) is 24.0 Å². The Morgan fingerprint density at radius 2 is 1.96 bits per heavy atom. The lowest BCUT2D eigenvalue weighted by molar-refractivity contribution is -0.138. The van der Waals surface area contributed by atoms with Gasteiger partial charge in [0.05, 0.1) is 25.3 Å². The van der Waals surface area contributed by atoms with Crippen LogP contribution in [0.2, 0.25) is 0 Å². The van der Waals surface area contributed by atoms with Crippen LogP contribution in [0.5, 0.6) is 0 Å². The lowest BCUT2D eigenvalue weighted by Gasteiger charge is -2.29. The van der Waals surface area contributed by atoms with Gasteiger partial charge in [-0.1, -0.05) is 6.07 Å². The highest BCUT2D eigenvalue weighted by molar-refractivity contribution is 14.0. The summed E-state index contributed by atoms with van der Waals surface area (Å²) in [7, 11) is 0. The first kappa shape index (κ1) is 21.8. The van der Waals surface area contributed by atoms with Gasteiger partial charge in [0, 0.05) is 24.8 Å². The summed E-state index contributed by atoms with van der Waals surface area (Å²) in [6.07, 6.45) is -4.44. The van der Waals surface area contributed by atoms with Crippen LogP contribution >= 0.6 is 24.0 Å². The highest BCUT2D eigenvalue weighted by atomic mass is 127. The van der Waals surface area contributed by atoms with Gasteiger partial charge in [0.25, 0.3) is 0 Å². The number of guanidine groups is 1. The predicted octanol–water partition coefficient (Wildman–Crippen LogP) is 2.97. The van der Waals surface area contributed by atoms with E-state index >= 15 is 0 Å². The number of benzene rings is 1. The second-order valence-corrected chi connectivity index (χ2v) is 5.94. The third kappa shape index (κ3) is 6.53. The Bertz CT molecular complexity index is 587. The molecule has 0 bridgehead atoms. The minimum absolute atomic E-state index is 0. The summed E-state index contributed by atoms with van der Waals surface area (Å²) in [6.45, 7) is 5.83. The molecule has 0 spiro atoms. The number of ether oxygens (including phenoxy) is 1. The van der Waals surface area contributed by atoms with E-state index in [2.05, 4.69) is 10.3 Å². The Kier molecular flexibility index (Phi) is 8.26. The van der Waals surface area contributed by atoms with E-state index in [1.165, 1.54) is 12.1 Å². The van der Waals surface area contributed by atoms with E-state index in [1.54, 1.807) is 6.07 Å². The number of hydrogen-bond donors (Lipinski definition) is 2. The molecule has 25 heavy (non-hydrogen) atoms. The Morgan fingerprint density at radius 1 is 1.32 bits per heavy atom. The van der Waals surface area contributed by atoms with Crippen LogP contribution in [0.4, 0.5) is 18.9 Å². The zero-order valence-corrected chi connectivity index (χ0v) is 16.6. The second kappa shape index (κ2) is 9.46. The molecule has 9 heteroatoms. The number of nitrogens with zero attached hydrogens (tertiary/aromatic N) is 2. The minimum atomic E-state index is -4.44. The second-order valence-electron chi connectivity index (χ2n) is 5.94. The number of anilines is 1. The van der Waals surface area contributed by atoms with Crippen LogP contribution in [0.25, 0.3) is 0 Å². The lowest BCUT2D eigenvalue weighted by atomic mass is 10.1. The van der Waals surface area contributed by atoms with Crippen LogP contribution in [0.3, 0.4) is 0 Å². The molecular formula is C16H24F3IN4O. The number of halogens is 4. The van der Waals surface area contributed by atoms with Gasteiger partial charge < -0.3 is 20.7 Å². The molecule has 1 saturated heterocycles. The van der Waals surface area contributed by atoms with Crippen molar-refractivity contribution in [1.29, 1.82) is 0 Å². The molecule has 5 nitrogen and oxygen atoms in total. The van der Waals surface area contributed by atoms with Crippen LogP contribution in [0.1, 0.15) is 25.0 Å². The summed E-state index contributed by atoms with van der Waals surface area (Å²) in [5.41, 5.74) is 5.64. The van der Waals surface area contributed by atoms with Gasteiger partial charge in [0.1, 0.15) is 0 Å². The van der Waals surface area contributed by atoms with E-state index < -0.39 is 11.7 Å². The first-order valence-corrected chi connectivity index (χ1v) is 7.86. The largest absolute Gasteiger partial charge is 0.416 e. The fraction of sp³-hybridized carbons (Fsp3) is 0.562. The maximum Gasteiger partial charge on any atom is 0.416 e. The first-order valence-electron chi connectivity index (χ1n) is 7.86. The molecule has 0 aromatic heterocycles. The van der Waals surface area contributed by atoms with Crippen molar-refractivity contribution >= 4 is 35.6 Å². The van der Waals surface area contributed by atoms with Gasteiger partial charge in [-0.3, -0.25) is 0 Å². The summed E-state index contributed by atoms with van der Waals surface area (Å²) in [5.74, 6) is 0.135. The standard InChI is InChI=1S/C16H23F3N4O.HI/c1-11(2)22-15(20)21-10-12-3-4-13(9-14(12)16(17,18)19)23-5-7-24-8-6-23;/h3-4,9,11H,5-8,10H2,1-2H3,(H3,20,21,22);1H. The Balaban J connectivity index is 0.00000312. The van der Waals surface area contributed by atoms with Gasteiger partial charge >= 0.3 is 6.18 Å². The normalized spacial score (nSPS) is 15.9. The van der Waals surface area contributed by atoms with E-state index in [9.17, 15) is 13.2 Å². The molecule has 0 aliphatic carbocycles. The summed E-state index contributed by atoms with van der Waals surface area (Å²) < 4.78 is 45.4. The third-order valence-electron chi connectivity index (χ3n) is 3.63. The van der Waals surface area contributed by atoms with Crippen molar-refractivity contribution in [2.45, 2.75) is 32.6 Å². The molecule has 1 aromatic rings. The van der Waals surface area contributed by atoms with Gasteiger partial charge in [0.15, 0.2) is 5.96 Å². The van der Waals surface area contributed by atoms with Crippen molar-refractivity contribution in [1.82, 2.24) is 5.32 Å². The van der Waals surface area contributed by atoms with Crippen LogP contribution in [0, 0.1) is 0 Å². The van der Waals surface area contributed by atoms with Crippen molar-refractivity contribution in [3.8, 4) is 0 Å². The van der Waals surface area contributed by atoms with Gasteiger partial charge in [-0.25, -0.2) is 4.99 Å². The monoisotopic (exact) mass is 472 g/mol. The minimum Gasteiger partial charge on any atom is -0.378 e. The molecule has 2 rings (SSSR count). The number of hydrogen-bond acceptors (Lipinski definition) is 3. The molecule has 1 fully saturated rings. The summed E-state index contributed by atoms with van der Waals surface area (Å²) in [4.78, 5) is 5.89. The number of alkyl halides is 3. The molecule has 0 amide bonds. The molecule has 0 saturated carbocycles. The van der Waals surface area contributed by atoms with Crippen molar-refractivity contribution in [3.63, 3.8) is 0 Å². The van der Waals surface area contributed by atoms with Gasteiger partial charge in [-0.2, -0.15) is 13.2 Å². The highest BCUT2D eigenvalue weighted by Crippen LogP contribution is 2.35. The zero-order valence-electron chi connectivity index (χ0n) is 14.3. The topological polar surface area (TPSA) is 62.9 Å². The average molecular weight is 472 g/mol. The Hall–Kier alpha value is -1.23. The SMILES string of the molecule is CC(C)NC(N)=NCc1ccc(N2CCOCC2)cc1C(F)(F)F.I. The number of nitrogens with two attached hydrogens (primary N) is 1. The third-order valence-corrected chi connectivity index (χ3v) is 3.63. The zero-order chi connectivity index (χ0) is 17.7. The van der Waals surface area contributed by atoms with E-state index in [0.717, 1.165) is 0 Å². The molecule has 0 radical (unpaired) electrons. The fourth-order valence-corrected chi connectivity index (χ4v) is 2.50. The van der Waals surface area contributed by atoms with E-state index in [4.69, 9.17) is 10.5 Å². The van der Waals surface area contributed by atoms with Crippen LogP contribution in [-0.2, 0) is 17.5 Å². The Labute approximate surface area is 162 Å². The van der Waals surface area contributed by atoms with E-state index in [-0.39, 0.29) is 48.1 Å². The van der Waals surface area contributed by atoms with Gasteiger partial charge in [0.2, 0.25) is 0 Å². The summed E-state index contributed by atoms with van der Waals surface area (Å²) in [6, 6.07) is 4.42. The maximum atomic E-state index is 13.4. The van der Waals surface area contributed by atoms with Crippen LogP contribution < -0.4 is 16.0 Å². The first-order chi connectivity index (χ1) is 11.3. The number of morpholine rings is 1. The molecule has 142 valence electrons. The molecule has 1 aliphatic heterocycles. The average Bonchev–Trinajstić information content (AvgIpc) is 2.52. The summed E-state index contributed by atoms with van der Waals surface area (Å²) in [5, 5.41) is 2.86. The van der Waals surface area contributed by atoms with Crippen molar-refractivity contribution < 1.29 is 17.9 Å². The van der Waals surface area contributed by atoms with E-state index in [0.29, 0.717) is 32.0 Å². The number of rotatable bonds is 4. The predicted molar refractivity (Wildman–Crippen MR) is 103 cm³/mol. The fourth-order valence-electron chi connectivity index (χ4n) is 2.50. The molecular weight excluding hydrogens is 448 g/mol. The quantitative estimate of drug-likeness (QED) is 0.402. The summed E-state index contributed by atoms with van der Waals surface area (Å²) >= 11 is 0. The van der Waals surface area contributed by atoms with Crippen LogP contribution in [-0.4, -0.2) is 38.3 Å². The van der Waals surface area contributed by atoms with Crippen molar-refractivity contribution in [2.75, 3.05) is 31.2 Å². The van der Waals surface area contributed by atoms with Crippen LogP contribution in [0.15, 0.2) is 23.2 Å². The lowest BCUT2D eigenvalue weighted by Crippen LogP contribution is -2.37. The highest BCUT2D eigenvalue weighted by Gasteiger charge is 2.34. The molecule has 1 aromatic carbocycles. The van der Waals surface area contributed by atoms with Crippen molar-refractivity contribution in [2.24, 2.45) is 10.7 Å². The maximum absolute atomic E-state index is 13.4. The Morgan fingerprint density at radius 3 is 2.52 bits per heavy atom. The molecule has 0 atom stereocenters. The molecule has 0 unspecified atom stereocenters. The molecule has 1 heterocycles. The van der Waals surface area contributed by atoms with E-state index in [1.807, 2.05) is 18.7 Å². The van der Waals surface area contributed by atoms with Crippen molar-refractivity contribution in [3.05, 3.63) is 29.3 Å². The smallest absolute Gasteiger partial charge is 0.378 e. The molecule has 1 aliphatic rings. The molecule has 3 N–H and O–H groups in total. The number of aliphatic imine (C=N–C) groups is 1.